The van der Waals surface area contributed by atoms with Gasteiger partial charge < -0.3 is 10.7 Å². The molecule has 1 heterocycles. The van der Waals surface area contributed by atoms with E-state index in [-0.39, 0.29) is 5.69 Å². The lowest BCUT2D eigenvalue weighted by Crippen LogP contribution is -2.11. The maximum absolute atomic E-state index is 11.4. The molecule has 0 aliphatic rings. The summed E-state index contributed by atoms with van der Waals surface area (Å²) in [5.41, 5.74) is 8.36. The van der Waals surface area contributed by atoms with Gasteiger partial charge in [-0.1, -0.05) is 12.1 Å². The van der Waals surface area contributed by atoms with Crippen LogP contribution in [0.2, 0.25) is 0 Å². The first-order valence-electron chi connectivity index (χ1n) is 4.60. The van der Waals surface area contributed by atoms with E-state index >= 15 is 0 Å². The van der Waals surface area contributed by atoms with E-state index in [1.165, 1.54) is 0 Å². The minimum Gasteiger partial charge on any atom is -0.330 e. The first-order chi connectivity index (χ1) is 6.74. The molecule has 3 N–H and O–H groups in total. The van der Waals surface area contributed by atoms with Crippen LogP contribution in [0.3, 0.4) is 0 Å². The highest BCUT2D eigenvalue weighted by atomic mass is 16.1. The van der Waals surface area contributed by atoms with Crippen LogP contribution < -0.4 is 11.4 Å². The van der Waals surface area contributed by atoms with E-state index in [0.29, 0.717) is 6.54 Å². The largest absolute Gasteiger partial charge is 0.330 e. The highest BCUT2D eigenvalue weighted by Crippen LogP contribution is 2.14. The second-order valence-corrected chi connectivity index (χ2v) is 3.34. The van der Waals surface area contributed by atoms with Gasteiger partial charge in [-0.2, -0.15) is 0 Å². The highest BCUT2D eigenvalue weighted by Gasteiger charge is 2.05. The average Bonchev–Trinajstić information content (AvgIpc) is 2.46. The average molecular weight is 191 g/mol. The SMILES string of the molecule is Cn1c(=O)[nH]c2c(CCN)cccc21. The van der Waals surface area contributed by atoms with Crippen LogP contribution in [0, 0.1) is 0 Å². The van der Waals surface area contributed by atoms with Crippen molar-refractivity contribution in [2.24, 2.45) is 12.8 Å². The van der Waals surface area contributed by atoms with Crippen molar-refractivity contribution in [1.82, 2.24) is 9.55 Å². The lowest BCUT2D eigenvalue weighted by molar-refractivity contribution is 0.891. The molecule has 0 unspecified atom stereocenters. The highest BCUT2D eigenvalue weighted by molar-refractivity contribution is 5.78. The molecule has 1 aromatic carbocycles. The molecular weight excluding hydrogens is 178 g/mol. The van der Waals surface area contributed by atoms with Crippen molar-refractivity contribution in [2.75, 3.05) is 6.54 Å². The van der Waals surface area contributed by atoms with Gasteiger partial charge in [0.25, 0.3) is 0 Å². The molecule has 2 aromatic rings. The second kappa shape index (κ2) is 3.31. The molecule has 0 spiro atoms. The Balaban J connectivity index is 2.75. The molecule has 0 fully saturated rings. The number of hydrogen-bond acceptors (Lipinski definition) is 2. The fourth-order valence-electron chi connectivity index (χ4n) is 1.67. The maximum Gasteiger partial charge on any atom is 0.326 e. The van der Waals surface area contributed by atoms with Crippen LogP contribution in [0.15, 0.2) is 23.0 Å². The first kappa shape index (κ1) is 9.02. The van der Waals surface area contributed by atoms with E-state index < -0.39 is 0 Å². The van der Waals surface area contributed by atoms with Crippen molar-refractivity contribution in [3.05, 3.63) is 34.2 Å². The number of aryl methyl sites for hydroxylation is 1. The van der Waals surface area contributed by atoms with Crippen molar-refractivity contribution >= 4 is 11.0 Å². The van der Waals surface area contributed by atoms with Gasteiger partial charge in [-0.15, -0.1) is 0 Å². The number of nitrogens with two attached hydrogens (primary N) is 1. The molecule has 0 amide bonds. The third kappa shape index (κ3) is 1.24. The molecule has 0 saturated heterocycles. The molecule has 0 aliphatic heterocycles. The van der Waals surface area contributed by atoms with Crippen molar-refractivity contribution in [2.45, 2.75) is 6.42 Å². The topological polar surface area (TPSA) is 63.8 Å². The van der Waals surface area contributed by atoms with Crippen molar-refractivity contribution in [3.8, 4) is 0 Å². The van der Waals surface area contributed by atoms with Gasteiger partial charge in [0.2, 0.25) is 0 Å². The summed E-state index contributed by atoms with van der Waals surface area (Å²) in [6.45, 7) is 0.593. The number of aromatic nitrogens is 2. The number of nitrogens with zero attached hydrogens (tertiary/aromatic N) is 1. The molecule has 74 valence electrons. The minimum atomic E-state index is -0.0792. The summed E-state index contributed by atoms with van der Waals surface area (Å²) in [7, 11) is 1.76. The summed E-state index contributed by atoms with van der Waals surface area (Å²) in [4.78, 5) is 14.2. The number of fused-ring (bicyclic) bond motifs is 1. The normalized spacial score (nSPS) is 11.0. The molecule has 4 nitrogen and oxygen atoms in total. The van der Waals surface area contributed by atoms with Crippen molar-refractivity contribution in [1.29, 1.82) is 0 Å². The van der Waals surface area contributed by atoms with Gasteiger partial charge in [0.15, 0.2) is 0 Å². The number of H-pyrrole nitrogens is 1. The Kier molecular flexibility index (Phi) is 2.13. The molecule has 0 atom stereocenters. The van der Waals surface area contributed by atoms with Gasteiger partial charge in [-0.25, -0.2) is 4.79 Å². The molecule has 0 saturated carbocycles. The van der Waals surface area contributed by atoms with Gasteiger partial charge in [-0.3, -0.25) is 4.57 Å². The third-order valence-corrected chi connectivity index (χ3v) is 2.44. The maximum atomic E-state index is 11.4. The van der Waals surface area contributed by atoms with Gasteiger partial charge in [0.05, 0.1) is 11.0 Å². The third-order valence-electron chi connectivity index (χ3n) is 2.44. The van der Waals surface area contributed by atoms with Crippen LogP contribution >= 0.6 is 0 Å². The number of aromatic amines is 1. The van der Waals surface area contributed by atoms with Crippen LogP contribution in [0.5, 0.6) is 0 Å². The summed E-state index contributed by atoms with van der Waals surface area (Å²) in [6, 6.07) is 5.86. The Morgan fingerprint density at radius 2 is 2.29 bits per heavy atom. The lowest BCUT2D eigenvalue weighted by atomic mass is 10.1. The van der Waals surface area contributed by atoms with Crippen LogP contribution in [0.1, 0.15) is 5.56 Å². The van der Waals surface area contributed by atoms with E-state index in [2.05, 4.69) is 4.98 Å². The Bertz CT molecular complexity index is 510. The summed E-state index contributed by atoms with van der Waals surface area (Å²) in [6.07, 6.45) is 0.789. The zero-order chi connectivity index (χ0) is 10.1. The molecule has 4 heteroatoms. The van der Waals surface area contributed by atoms with E-state index in [1.807, 2.05) is 18.2 Å². The number of rotatable bonds is 2. The molecule has 2 rings (SSSR count). The lowest BCUT2D eigenvalue weighted by Gasteiger charge is -2.00. The molecule has 0 bridgehead atoms. The number of imidazole rings is 1. The molecular formula is C10H13N3O. The van der Waals surface area contributed by atoms with Gasteiger partial charge in [-0.05, 0) is 24.6 Å². The van der Waals surface area contributed by atoms with Crippen LogP contribution in [0.4, 0.5) is 0 Å². The Labute approximate surface area is 81.3 Å². The fraction of sp³-hybridized carbons (Fsp3) is 0.300. The van der Waals surface area contributed by atoms with Crippen LogP contribution in [0.25, 0.3) is 11.0 Å². The smallest absolute Gasteiger partial charge is 0.326 e. The number of nitrogens with one attached hydrogen (secondary N) is 1. The quantitative estimate of drug-likeness (QED) is 0.720. The minimum absolute atomic E-state index is 0.0792. The Morgan fingerprint density at radius 3 is 3.00 bits per heavy atom. The Morgan fingerprint density at radius 1 is 1.50 bits per heavy atom. The Hall–Kier alpha value is -1.55. The zero-order valence-electron chi connectivity index (χ0n) is 8.08. The summed E-state index contributed by atoms with van der Waals surface area (Å²) < 4.78 is 1.61. The van der Waals surface area contributed by atoms with E-state index in [4.69, 9.17) is 5.73 Å². The van der Waals surface area contributed by atoms with Crippen molar-refractivity contribution in [3.63, 3.8) is 0 Å². The molecule has 14 heavy (non-hydrogen) atoms. The molecule has 0 aliphatic carbocycles. The molecule has 1 aromatic heterocycles. The monoisotopic (exact) mass is 191 g/mol. The number of para-hydroxylation sites is 1. The van der Waals surface area contributed by atoms with Crippen LogP contribution in [-0.2, 0) is 13.5 Å². The summed E-state index contributed by atoms with van der Waals surface area (Å²) >= 11 is 0. The predicted molar refractivity (Wildman–Crippen MR) is 56.3 cm³/mol. The number of hydrogen-bond donors (Lipinski definition) is 2. The fourth-order valence-corrected chi connectivity index (χ4v) is 1.67. The van der Waals surface area contributed by atoms with Crippen molar-refractivity contribution < 1.29 is 0 Å². The first-order valence-corrected chi connectivity index (χ1v) is 4.60. The second-order valence-electron chi connectivity index (χ2n) is 3.34. The van der Waals surface area contributed by atoms with Gasteiger partial charge in [0.1, 0.15) is 0 Å². The predicted octanol–water partition coefficient (Wildman–Crippen LogP) is 0.368. The van der Waals surface area contributed by atoms with Gasteiger partial charge >= 0.3 is 5.69 Å². The summed E-state index contributed by atoms with van der Waals surface area (Å²) in [5, 5.41) is 0. The van der Waals surface area contributed by atoms with Crippen LogP contribution in [-0.4, -0.2) is 16.1 Å². The van der Waals surface area contributed by atoms with E-state index in [1.54, 1.807) is 11.6 Å². The molecule has 0 radical (unpaired) electrons. The summed E-state index contributed by atoms with van der Waals surface area (Å²) in [5.74, 6) is 0. The van der Waals surface area contributed by atoms with Gasteiger partial charge in [0, 0.05) is 7.05 Å². The number of benzene rings is 1. The van der Waals surface area contributed by atoms with E-state index in [0.717, 1.165) is 23.0 Å². The zero-order valence-corrected chi connectivity index (χ0v) is 8.08. The standard InChI is InChI=1S/C10H13N3O/c1-13-8-4-2-3-7(5-6-11)9(8)12-10(13)14/h2-4H,5-6,11H2,1H3,(H,12,14). The van der Waals surface area contributed by atoms with E-state index in [9.17, 15) is 4.79 Å².